The Morgan fingerprint density at radius 3 is 2.24 bits per heavy atom. The maximum atomic E-state index is 14.1. The van der Waals surface area contributed by atoms with E-state index in [9.17, 15) is 26.8 Å². The van der Waals surface area contributed by atoms with Gasteiger partial charge in [-0.1, -0.05) is 6.07 Å². The lowest BCUT2D eigenvalue weighted by atomic mass is 10.1. The number of halogens is 2. The van der Waals surface area contributed by atoms with Gasteiger partial charge in [-0.15, -0.1) is 0 Å². The van der Waals surface area contributed by atoms with Crippen LogP contribution in [0.1, 0.15) is 27.6 Å². The van der Waals surface area contributed by atoms with E-state index >= 15 is 0 Å². The molecular weight excluding hydrogens is 406 g/mol. The van der Waals surface area contributed by atoms with Crippen LogP contribution in [0.4, 0.5) is 14.5 Å². The summed E-state index contributed by atoms with van der Waals surface area (Å²) in [6, 6.07) is 6.81. The van der Waals surface area contributed by atoms with Crippen LogP contribution in [0.2, 0.25) is 0 Å². The van der Waals surface area contributed by atoms with E-state index in [2.05, 4.69) is 5.32 Å². The molecule has 1 fully saturated rings. The Bertz CT molecular complexity index is 1040. The van der Waals surface area contributed by atoms with Gasteiger partial charge in [0, 0.05) is 24.2 Å². The summed E-state index contributed by atoms with van der Waals surface area (Å²) in [6.45, 7) is 2.09. The predicted molar refractivity (Wildman–Crippen MR) is 100 cm³/mol. The van der Waals surface area contributed by atoms with Gasteiger partial charge in [0.15, 0.2) is 5.78 Å². The lowest BCUT2D eigenvalue weighted by Crippen LogP contribution is -2.40. The number of carbonyl (C=O) groups is 2. The second kappa shape index (κ2) is 8.36. The number of carbonyl (C=O) groups excluding carboxylic acids is 2. The molecule has 1 heterocycles. The summed E-state index contributed by atoms with van der Waals surface area (Å²) >= 11 is 0. The maximum Gasteiger partial charge on any atom is 0.255 e. The first-order valence-corrected chi connectivity index (χ1v) is 10.1. The Kier molecular flexibility index (Phi) is 6.06. The van der Waals surface area contributed by atoms with Gasteiger partial charge in [0.25, 0.3) is 5.91 Å². The van der Waals surface area contributed by atoms with Crippen molar-refractivity contribution < 1.29 is 31.5 Å². The fourth-order valence-electron chi connectivity index (χ4n) is 2.82. The van der Waals surface area contributed by atoms with E-state index in [1.807, 2.05) is 0 Å². The van der Waals surface area contributed by atoms with Crippen molar-refractivity contribution in [2.75, 3.05) is 31.6 Å². The fourth-order valence-corrected chi connectivity index (χ4v) is 4.27. The molecule has 1 aliphatic heterocycles. The standard InChI is InChI=1S/C19H18F2N2O5S/c1-12(24)14-10-16(20)18(17(21)11-14)22-19(25)13-3-2-4-15(9-13)29(26,27)23-5-7-28-8-6-23/h2-4,9-11H,5-8H2,1H3,(H,22,25). The van der Waals surface area contributed by atoms with Crippen LogP contribution in [0.15, 0.2) is 41.3 Å². The summed E-state index contributed by atoms with van der Waals surface area (Å²) in [7, 11) is -3.83. The molecule has 1 aliphatic rings. The van der Waals surface area contributed by atoms with E-state index in [1.54, 1.807) is 0 Å². The molecule has 1 N–H and O–H groups in total. The Balaban J connectivity index is 1.86. The lowest BCUT2D eigenvalue weighted by Gasteiger charge is -2.26. The van der Waals surface area contributed by atoms with Gasteiger partial charge >= 0.3 is 0 Å². The number of nitrogens with zero attached hydrogens (tertiary/aromatic N) is 1. The largest absolute Gasteiger partial charge is 0.379 e. The van der Waals surface area contributed by atoms with Crippen molar-refractivity contribution in [2.45, 2.75) is 11.8 Å². The number of rotatable bonds is 5. The van der Waals surface area contributed by atoms with Gasteiger partial charge in [-0.25, -0.2) is 17.2 Å². The molecule has 0 saturated carbocycles. The molecule has 154 valence electrons. The van der Waals surface area contributed by atoms with Crippen LogP contribution in [0.25, 0.3) is 0 Å². The number of sulfonamides is 1. The molecule has 3 rings (SSSR count). The molecule has 0 aliphatic carbocycles. The molecule has 1 saturated heterocycles. The molecule has 7 nitrogen and oxygen atoms in total. The highest BCUT2D eigenvalue weighted by Gasteiger charge is 2.27. The molecule has 2 aromatic rings. The number of ether oxygens (including phenoxy) is 1. The second-order valence-electron chi connectivity index (χ2n) is 6.37. The maximum absolute atomic E-state index is 14.1. The van der Waals surface area contributed by atoms with E-state index in [-0.39, 0.29) is 42.3 Å². The molecule has 2 aromatic carbocycles. The zero-order chi connectivity index (χ0) is 21.2. The van der Waals surface area contributed by atoms with Crippen molar-refractivity contribution in [2.24, 2.45) is 0 Å². The summed E-state index contributed by atoms with van der Waals surface area (Å²) in [6.07, 6.45) is 0. The predicted octanol–water partition coefficient (Wildman–Crippen LogP) is 2.44. The molecule has 29 heavy (non-hydrogen) atoms. The molecular formula is C19H18F2N2O5S. The highest BCUT2D eigenvalue weighted by Crippen LogP contribution is 2.23. The van der Waals surface area contributed by atoms with Crippen molar-refractivity contribution in [1.82, 2.24) is 4.31 Å². The summed E-state index contributed by atoms with van der Waals surface area (Å²) in [5.74, 6) is -3.64. The van der Waals surface area contributed by atoms with Crippen LogP contribution in [0, 0.1) is 11.6 Å². The number of Topliss-reactive ketones (excluding diaryl/α,β-unsaturated/α-hetero) is 1. The molecule has 0 bridgehead atoms. The van der Waals surface area contributed by atoms with E-state index in [0.29, 0.717) is 0 Å². The number of ketones is 1. The topological polar surface area (TPSA) is 92.8 Å². The van der Waals surface area contributed by atoms with Crippen molar-refractivity contribution in [3.63, 3.8) is 0 Å². The van der Waals surface area contributed by atoms with Crippen LogP contribution in [-0.2, 0) is 14.8 Å². The third-order valence-corrected chi connectivity index (χ3v) is 6.29. The van der Waals surface area contributed by atoms with Gasteiger partial charge in [0.2, 0.25) is 10.0 Å². The smallest absolute Gasteiger partial charge is 0.255 e. The number of anilines is 1. The highest BCUT2D eigenvalue weighted by molar-refractivity contribution is 7.89. The van der Waals surface area contributed by atoms with Gasteiger partial charge in [0.1, 0.15) is 17.3 Å². The Morgan fingerprint density at radius 1 is 1.03 bits per heavy atom. The number of amides is 1. The first-order chi connectivity index (χ1) is 13.7. The van der Waals surface area contributed by atoms with E-state index in [1.165, 1.54) is 22.5 Å². The zero-order valence-electron chi connectivity index (χ0n) is 15.4. The quantitative estimate of drug-likeness (QED) is 0.745. The van der Waals surface area contributed by atoms with E-state index < -0.39 is 39.0 Å². The van der Waals surface area contributed by atoms with Crippen LogP contribution in [0.5, 0.6) is 0 Å². The van der Waals surface area contributed by atoms with Crippen molar-refractivity contribution in [1.29, 1.82) is 0 Å². The van der Waals surface area contributed by atoms with Crippen LogP contribution in [0.3, 0.4) is 0 Å². The summed E-state index contributed by atoms with van der Waals surface area (Å²) < 4.78 is 60.1. The Labute approximate surface area is 166 Å². The van der Waals surface area contributed by atoms with Gasteiger partial charge in [-0.05, 0) is 37.3 Å². The minimum absolute atomic E-state index is 0.0891. The molecule has 0 spiro atoms. The first kappa shape index (κ1) is 21.0. The summed E-state index contributed by atoms with van der Waals surface area (Å²) in [5.41, 5.74) is -0.980. The SMILES string of the molecule is CC(=O)c1cc(F)c(NC(=O)c2cccc(S(=O)(=O)N3CCOCC3)c2)c(F)c1. The number of benzene rings is 2. The fraction of sp³-hybridized carbons (Fsp3) is 0.263. The minimum atomic E-state index is -3.83. The number of nitrogens with one attached hydrogen (secondary N) is 1. The zero-order valence-corrected chi connectivity index (χ0v) is 16.3. The average molecular weight is 424 g/mol. The molecule has 10 heteroatoms. The highest BCUT2D eigenvalue weighted by atomic mass is 32.2. The van der Waals surface area contributed by atoms with E-state index in [0.717, 1.165) is 25.1 Å². The first-order valence-electron chi connectivity index (χ1n) is 8.69. The lowest BCUT2D eigenvalue weighted by molar-refractivity contribution is 0.0730. The summed E-state index contributed by atoms with van der Waals surface area (Å²) in [5, 5.41) is 2.09. The number of hydrogen-bond donors (Lipinski definition) is 1. The van der Waals surface area contributed by atoms with Crippen molar-refractivity contribution >= 4 is 27.4 Å². The third-order valence-electron chi connectivity index (χ3n) is 4.39. The molecule has 0 radical (unpaired) electrons. The number of morpholine rings is 1. The van der Waals surface area contributed by atoms with Gasteiger partial charge in [-0.2, -0.15) is 4.31 Å². The van der Waals surface area contributed by atoms with Crippen LogP contribution < -0.4 is 5.32 Å². The monoisotopic (exact) mass is 424 g/mol. The van der Waals surface area contributed by atoms with Gasteiger partial charge < -0.3 is 10.1 Å². The normalized spacial score (nSPS) is 15.1. The molecule has 0 aromatic heterocycles. The molecule has 1 amide bonds. The molecule has 0 unspecified atom stereocenters. The van der Waals surface area contributed by atoms with Gasteiger partial charge in [0.05, 0.1) is 18.1 Å². The Morgan fingerprint density at radius 2 is 1.66 bits per heavy atom. The minimum Gasteiger partial charge on any atom is -0.379 e. The van der Waals surface area contributed by atoms with Crippen LogP contribution >= 0.6 is 0 Å². The number of hydrogen-bond acceptors (Lipinski definition) is 5. The van der Waals surface area contributed by atoms with Crippen LogP contribution in [-0.4, -0.2) is 50.7 Å². The van der Waals surface area contributed by atoms with Gasteiger partial charge in [-0.3, -0.25) is 9.59 Å². The third kappa shape index (κ3) is 4.50. The average Bonchev–Trinajstić information content (AvgIpc) is 2.71. The van der Waals surface area contributed by atoms with Crippen molar-refractivity contribution in [3.8, 4) is 0 Å². The Hall–Kier alpha value is -2.69. The molecule has 0 atom stereocenters. The second-order valence-corrected chi connectivity index (χ2v) is 8.31. The summed E-state index contributed by atoms with van der Waals surface area (Å²) in [4.78, 5) is 23.6. The van der Waals surface area contributed by atoms with Crippen molar-refractivity contribution in [3.05, 3.63) is 59.2 Å². The van der Waals surface area contributed by atoms with E-state index in [4.69, 9.17) is 4.74 Å².